The van der Waals surface area contributed by atoms with Crippen molar-refractivity contribution >= 4 is 10.0 Å². The highest BCUT2D eigenvalue weighted by Crippen LogP contribution is 2.36. The number of hydrogen-bond acceptors (Lipinski definition) is 3. The van der Waals surface area contributed by atoms with Gasteiger partial charge in [0.1, 0.15) is 11.6 Å². The Morgan fingerprint density at radius 2 is 2.07 bits per heavy atom. The normalized spacial score (nSPS) is 21.5. The number of sulfonamides is 1. The van der Waals surface area contributed by atoms with Gasteiger partial charge in [0, 0.05) is 37.4 Å². The van der Waals surface area contributed by atoms with Gasteiger partial charge in [-0.1, -0.05) is 18.6 Å². The first-order valence-electron chi connectivity index (χ1n) is 9.66. The molecule has 0 N–H and O–H groups in total. The van der Waals surface area contributed by atoms with E-state index in [1.807, 2.05) is 6.20 Å². The van der Waals surface area contributed by atoms with E-state index in [9.17, 15) is 12.8 Å². The summed E-state index contributed by atoms with van der Waals surface area (Å²) < 4.78 is 42.7. The van der Waals surface area contributed by atoms with E-state index in [-0.39, 0.29) is 5.75 Å². The molecule has 4 rings (SSSR count). The van der Waals surface area contributed by atoms with Gasteiger partial charge in [0.05, 0.1) is 5.75 Å². The molecule has 1 saturated heterocycles. The van der Waals surface area contributed by atoms with Crippen LogP contribution in [-0.4, -0.2) is 35.4 Å². The van der Waals surface area contributed by atoms with E-state index in [4.69, 9.17) is 0 Å². The lowest BCUT2D eigenvalue weighted by atomic mass is 9.84. The van der Waals surface area contributed by atoms with Crippen LogP contribution in [0.2, 0.25) is 0 Å². The monoisotopic (exact) mass is 391 g/mol. The molecular formula is C20H26FN3O2S. The average Bonchev–Trinajstić information content (AvgIpc) is 3.16. The summed E-state index contributed by atoms with van der Waals surface area (Å²) in [6.45, 7) is 3.96. The maximum Gasteiger partial charge on any atom is 0.218 e. The van der Waals surface area contributed by atoms with E-state index in [0.29, 0.717) is 30.5 Å². The summed E-state index contributed by atoms with van der Waals surface area (Å²) in [6.07, 6.45) is 6.46. The molecule has 2 aliphatic rings. The molecule has 1 unspecified atom stereocenters. The van der Waals surface area contributed by atoms with Crippen LogP contribution in [-0.2, 0) is 22.3 Å². The maximum atomic E-state index is 13.4. The zero-order valence-electron chi connectivity index (χ0n) is 15.6. The third-order valence-electron chi connectivity index (χ3n) is 5.88. The number of imidazole rings is 1. The molecular weight excluding hydrogens is 365 g/mol. The Kier molecular flexibility index (Phi) is 5.07. The summed E-state index contributed by atoms with van der Waals surface area (Å²) in [5.41, 5.74) is 1.65. The van der Waals surface area contributed by atoms with Crippen LogP contribution in [0.5, 0.6) is 0 Å². The van der Waals surface area contributed by atoms with Gasteiger partial charge < -0.3 is 4.57 Å². The summed E-state index contributed by atoms with van der Waals surface area (Å²) in [7, 11) is -3.43. The standard InChI is InChI=1S/C20H26FN3O2S/c1-15-11-22-20(18-5-3-6-18)24(15)13-17-8-9-23(12-17)27(25,26)14-16-4-2-7-19(21)10-16/h2,4,7,10-11,17-18H,3,5-6,8-9,12-14H2,1H3. The highest BCUT2D eigenvalue weighted by molar-refractivity contribution is 7.88. The van der Waals surface area contributed by atoms with Gasteiger partial charge in [0.2, 0.25) is 10.0 Å². The van der Waals surface area contributed by atoms with Crippen LogP contribution in [0.15, 0.2) is 30.5 Å². The molecule has 1 aromatic carbocycles. The minimum atomic E-state index is -3.43. The van der Waals surface area contributed by atoms with Crippen LogP contribution in [0.25, 0.3) is 0 Å². The van der Waals surface area contributed by atoms with Crippen LogP contribution in [0.1, 0.15) is 48.7 Å². The molecule has 0 radical (unpaired) electrons. The fraction of sp³-hybridized carbons (Fsp3) is 0.550. The van der Waals surface area contributed by atoms with E-state index >= 15 is 0 Å². The lowest BCUT2D eigenvalue weighted by molar-refractivity contribution is 0.364. The second kappa shape index (κ2) is 7.36. The van der Waals surface area contributed by atoms with E-state index in [1.54, 1.807) is 16.4 Å². The molecule has 1 saturated carbocycles. The summed E-state index contributed by atoms with van der Waals surface area (Å²) in [4.78, 5) is 4.61. The molecule has 2 fully saturated rings. The van der Waals surface area contributed by atoms with Gasteiger partial charge >= 0.3 is 0 Å². The van der Waals surface area contributed by atoms with Gasteiger partial charge in [-0.2, -0.15) is 0 Å². The number of hydrogen-bond donors (Lipinski definition) is 0. The second-order valence-electron chi connectivity index (χ2n) is 7.90. The SMILES string of the molecule is Cc1cnc(C2CCC2)n1CC1CCN(S(=O)(=O)Cc2cccc(F)c2)C1. The van der Waals surface area contributed by atoms with Crippen molar-refractivity contribution in [1.82, 2.24) is 13.9 Å². The Morgan fingerprint density at radius 1 is 1.26 bits per heavy atom. The number of nitrogens with zero attached hydrogens (tertiary/aromatic N) is 3. The van der Waals surface area contributed by atoms with Crippen molar-refractivity contribution in [3.63, 3.8) is 0 Å². The molecule has 1 atom stereocenters. The van der Waals surface area contributed by atoms with Crippen molar-refractivity contribution in [3.05, 3.63) is 53.4 Å². The predicted molar refractivity (Wildman–Crippen MR) is 102 cm³/mol. The Hall–Kier alpha value is -1.73. The topological polar surface area (TPSA) is 55.2 Å². The Balaban J connectivity index is 1.42. The quantitative estimate of drug-likeness (QED) is 0.758. The molecule has 146 valence electrons. The first kappa shape index (κ1) is 18.6. The first-order valence-corrected chi connectivity index (χ1v) is 11.3. The van der Waals surface area contributed by atoms with Gasteiger partial charge in [-0.05, 0) is 49.8 Å². The van der Waals surface area contributed by atoms with Crippen LogP contribution < -0.4 is 0 Å². The van der Waals surface area contributed by atoms with Crippen molar-refractivity contribution in [3.8, 4) is 0 Å². The molecule has 2 heterocycles. The van der Waals surface area contributed by atoms with Gasteiger partial charge in [0.25, 0.3) is 0 Å². The summed E-state index contributed by atoms with van der Waals surface area (Å²) in [6, 6.07) is 5.84. The number of rotatable bonds is 6. The van der Waals surface area contributed by atoms with Crippen molar-refractivity contribution in [2.75, 3.05) is 13.1 Å². The lowest BCUT2D eigenvalue weighted by Crippen LogP contribution is -2.30. The fourth-order valence-electron chi connectivity index (χ4n) is 4.10. The van der Waals surface area contributed by atoms with Crippen LogP contribution >= 0.6 is 0 Å². The molecule has 1 aliphatic heterocycles. The Morgan fingerprint density at radius 3 is 2.78 bits per heavy atom. The molecule has 0 spiro atoms. The summed E-state index contributed by atoms with van der Waals surface area (Å²) >= 11 is 0. The molecule has 5 nitrogen and oxygen atoms in total. The Bertz CT molecular complexity index is 921. The molecule has 0 bridgehead atoms. The second-order valence-corrected chi connectivity index (χ2v) is 9.86. The first-order chi connectivity index (χ1) is 12.9. The number of benzene rings is 1. The van der Waals surface area contributed by atoms with E-state index in [1.165, 1.54) is 37.2 Å². The minimum absolute atomic E-state index is 0.144. The molecule has 0 amide bonds. The van der Waals surface area contributed by atoms with Crippen LogP contribution in [0, 0.1) is 18.7 Å². The van der Waals surface area contributed by atoms with Gasteiger partial charge in [0.15, 0.2) is 0 Å². The number of halogens is 1. The number of aromatic nitrogens is 2. The maximum absolute atomic E-state index is 13.4. The zero-order valence-corrected chi connectivity index (χ0v) is 16.5. The average molecular weight is 392 g/mol. The van der Waals surface area contributed by atoms with E-state index in [0.717, 1.165) is 18.7 Å². The molecule has 7 heteroatoms. The van der Waals surface area contributed by atoms with Crippen LogP contribution in [0.3, 0.4) is 0 Å². The Labute approximate surface area is 160 Å². The number of aryl methyl sites for hydroxylation is 1. The highest BCUT2D eigenvalue weighted by atomic mass is 32.2. The van der Waals surface area contributed by atoms with Gasteiger partial charge in [-0.25, -0.2) is 22.1 Å². The molecule has 1 aromatic heterocycles. The minimum Gasteiger partial charge on any atom is -0.332 e. The van der Waals surface area contributed by atoms with Crippen molar-refractivity contribution < 1.29 is 12.8 Å². The van der Waals surface area contributed by atoms with E-state index in [2.05, 4.69) is 16.5 Å². The van der Waals surface area contributed by atoms with Crippen molar-refractivity contribution in [2.45, 2.75) is 50.8 Å². The van der Waals surface area contributed by atoms with Gasteiger partial charge in [-0.15, -0.1) is 0 Å². The molecule has 1 aliphatic carbocycles. The molecule has 2 aromatic rings. The van der Waals surface area contributed by atoms with Crippen molar-refractivity contribution in [2.24, 2.45) is 5.92 Å². The van der Waals surface area contributed by atoms with Crippen LogP contribution in [0.4, 0.5) is 4.39 Å². The zero-order chi connectivity index (χ0) is 19.0. The summed E-state index contributed by atoms with van der Waals surface area (Å²) in [5.74, 6) is 1.47. The van der Waals surface area contributed by atoms with Gasteiger partial charge in [-0.3, -0.25) is 0 Å². The highest BCUT2D eigenvalue weighted by Gasteiger charge is 2.33. The smallest absolute Gasteiger partial charge is 0.218 e. The largest absolute Gasteiger partial charge is 0.332 e. The predicted octanol–water partition coefficient (Wildman–Crippen LogP) is 3.45. The molecule has 27 heavy (non-hydrogen) atoms. The van der Waals surface area contributed by atoms with Crippen molar-refractivity contribution in [1.29, 1.82) is 0 Å². The van der Waals surface area contributed by atoms with E-state index < -0.39 is 15.8 Å². The fourth-order valence-corrected chi connectivity index (χ4v) is 5.70. The lowest BCUT2D eigenvalue weighted by Gasteiger charge is -2.27. The third kappa shape index (κ3) is 3.94. The third-order valence-corrected chi connectivity index (χ3v) is 7.69. The summed E-state index contributed by atoms with van der Waals surface area (Å²) in [5, 5.41) is 0.